The number of anilines is 2. The number of hydrogen-bond acceptors (Lipinski definition) is 7. The fourth-order valence-electron chi connectivity index (χ4n) is 4.61. The molecule has 1 aliphatic heterocycles. The van der Waals surface area contributed by atoms with Crippen LogP contribution in [0.5, 0.6) is 0 Å². The Hall–Kier alpha value is -3.82. The molecular weight excluding hydrogens is 566 g/mol. The minimum absolute atomic E-state index is 0.0603. The van der Waals surface area contributed by atoms with Gasteiger partial charge in [0.15, 0.2) is 0 Å². The highest BCUT2D eigenvalue weighted by Gasteiger charge is 2.26. The van der Waals surface area contributed by atoms with Gasteiger partial charge in [0.05, 0.1) is 9.79 Å². The second kappa shape index (κ2) is 12.0. The van der Waals surface area contributed by atoms with Crippen molar-refractivity contribution in [3.05, 3.63) is 83.4 Å². The number of amides is 2. The van der Waals surface area contributed by atoms with Crippen molar-refractivity contribution < 1.29 is 21.6 Å². The van der Waals surface area contributed by atoms with Crippen molar-refractivity contribution >= 4 is 43.3 Å². The lowest BCUT2D eigenvalue weighted by atomic mass is 10.0. The summed E-state index contributed by atoms with van der Waals surface area (Å²) in [5, 5.41) is 24.6. The van der Waals surface area contributed by atoms with Crippen LogP contribution < -0.4 is 20.9 Å². The van der Waals surface area contributed by atoms with E-state index in [9.17, 15) is 21.6 Å². The van der Waals surface area contributed by atoms with E-state index in [2.05, 4.69) is 15.5 Å². The van der Waals surface area contributed by atoms with Crippen LogP contribution >= 0.6 is 0 Å². The molecule has 1 atom stereocenters. The van der Waals surface area contributed by atoms with Crippen molar-refractivity contribution in [1.29, 1.82) is 5.41 Å². The van der Waals surface area contributed by atoms with Crippen LogP contribution in [0.4, 0.5) is 16.2 Å². The van der Waals surface area contributed by atoms with Crippen LogP contribution in [0.15, 0.2) is 76.5 Å². The third-order valence-corrected chi connectivity index (χ3v) is 8.74. The van der Waals surface area contributed by atoms with Gasteiger partial charge in [-0.05, 0) is 80.5 Å². The number of nitrogens with zero attached hydrogens (tertiary/aromatic N) is 2. The zero-order chi connectivity index (χ0) is 29.9. The van der Waals surface area contributed by atoms with Crippen molar-refractivity contribution in [2.45, 2.75) is 28.7 Å². The molecule has 14 heteroatoms. The van der Waals surface area contributed by atoms with Crippen LogP contribution in [0.1, 0.15) is 23.1 Å². The predicted molar refractivity (Wildman–Crippen MR) is 158 cm³/mol. The number of nitrogens with one attached hydrogen (secondary N) is 3. The maximum atomic E-state index is 13.0. The minimum Gasteiger partial charge on any atom is -0.355 e. The quantitative estimate of drug-likeness (QED) is 0.193. The molecule has 218 valence electrons. The van der Waals surface area contributed by atoms with E-state index in [0.717, 1.165) is 19.5 Å². The molecule has 2 amide bonds. The van der Waals surface area contributed by atoms with Crippen LogP contribution in [0, 0.1) is 5.41 Å². The Morgan fingerprint density at radius 2 is 1.61 bits per heavy atom. The average Bonchev–Trinajstić information content (AvgIpc) is 3.39. The molecule has 41 heavy (non-hydrogen) atoms. The first-order valence-electron chi connectivity index (χ1n) is 12.7. The van der Waals surface area contributed by atoms with Crippen LogP contribution in [0.3, 0.4) is 0 Å². The molecular formula is C27H33N7O5S2. The summed E-state index contributed by atoms with van der Waals surface area (Å²) in [6.07, 6.45) is 1.14. The summed E-state index contributed by atoms with van der Waals surface area (Å²) in [6, 6.07) is 16.7. The molecule has 12 nitrogen and oxygen atoms in total. The van der Waals surface area contributed by atoms with E-state index in [1.807, 2.05) is 25.1 Å². The second-order valence-corrected chi connectivity index (χ2v) is 13.2. The maximum absolute atomic E-state index is 13.0. The van der Waals surface area contributed by atoms with Gasteiger partial charge in [-0.15, -0.1) is 0 Å². The Balaban J connectivity index is 1.51. The standard InChI is InChI=1S/C27H33N7O5S2/c1-33(2)22-12-13-34(17-22)26(28)19-4-3-5-21(15-19)31-27(35)32-25-11-10-24(41(30,38)39)16-20(25)14-18-6-8-23(9-7-18)40(29,36)37/h3-11,15-16,22,28H,12-14,17H2,1-2H3,(H2,29,36,37)(H2,30,38,39)(H2,31,32,35). The summed E-state index contributed by atoms with van der Waals surface area (Å²) >= 11 is 0. The van der Waals surface area contributed by atoms with Gasteiger partial charge in [-0.3, -0.25) is 5.41 Å². The van der Waals surface area contributed by atoms with Gasteiger partial charge in [0.1, 0.15) is 5.84 Å². The lowest BCUT2D eigenvalue weighted by Crippen LogP contribution is -2.34. The molecule has 7 N–H and O–H groups in total. The Morgan fingerprint density at radius 3 is 2.22 bits per heavy atom. The number of carbonyl (C=O) groups is 1. The highest BCUT2D eigenvalue weighted by molar-refractivity contribution is 7.89. The normalized spacial score (nSPS) is 15.6. The van der Waals surface area contributed by atoms with Gasteiger partial charge in [-0.25, -0.2) is 31.9 Å². The van der Waals surface area contributed by atoms with Crippen molar-refractivity contribution in [3.63, 3.8) is 0 Å². The molecule has 3 aromatic carbocycles. The van der Waals surface area contributed by atoms with Crippen LogP contribution in [0.25, 0.3) is 0 Å². The van der Waals surface area contributed by atoms with Gasteiger partial charge in [0, 0.05) is 36.1 Å². The summed E-state index contributed by atoms with van der Waals surface area (Å²) in [4.78, 5) is 16.9. The molecule has 1 saturated heterocycles. The van der Waals surface area contributed by atoms with Gasteiger partial charge in [0.2, 0.25) is 20.0 Å². The summed E-state index contributed by atoms with van der Waals surface area (Å²) in [6.45, 7) is 1.54. The molecule has 0 saturated carbocycles. The summed E-state index contributed by atoms with van der Waals surface area (Å²) in [5.74, 6) is 0.382. The summed E-state index contributed by atoms with van der Waals surface area (Å²) in [5.41, 5.74) is 2.57. The largest absolute Gasteiger partial charge is 0.355 e. The Labute approximate surface area is 239 Å². The summed E-state index contributed by atoms with van der Waals surface area (Å²) in [7, 11) is -3.83. The highest BCUT2D eigenvalue weighted by Crippen LogP contribution is 2.25. The molecule has 0 spiro atoms. The van der Waals surface area contributed by atoms with Crippen LogP contribution in [-0.4, -0.2) is 71.7 Å². The van der Waals surface area contributed by atoms with Gasteiger partial charge >= 0.3 is 6.03 Å². The Morgan fingerprint density at radius 1 is 0.951 bits per heavy atom. The Kier molecular flexibility index (Phi) is 8.80. The molecule has 1 unspecified atom stereocenters. The number of rotatable bonds is 8. The molecule has 1 fully saturated rings. The first-order chi connectivity index (χ1) is 19.2. The molecule has 0 aliphatic carbocycles. The molecule has 0 bridgehead atoms. The second-order valence-electron chi connectivity index (χ2n) is 10.1. The zero-order valence-electron chi connectivity index (χ0n) is 22.7. The molecule has 4 rings (SSSR count). The topological polar surface area (TPSA) is 192 Å². The molecule has 0 radical (unpaired) electrons. The lowest BCUT2D eigenvalue weighted by Gasteiger charge is -2.22. The first-order valence-corrected chi connectivity index (χ1v) is 15.8. The minimum atomic E-state index is -4.02. The van der Waals surface area contributed by atoms with E-state index in [-0.39, 0.29) is 16.2 Å². The first kappa shape index (κ1) is 30.1. The maximum Gasteiger partial charge on any atom is 0.323 e. The number of hydrogen-bond donors (Lipinski definition) is 5. The molecule has 3 aromatic rings. The Bertz CT molecular complexity index is 1670. The highest BCUT2D eigenvalue weighted by atomic mass is 32.2. The van der Waals surface area contributed by atoms with E-state index in [0.29, 0.717) is 39.9 Å². The number of sulfonamides is 2. The molecule has 1 aliphatic rings. The van der Waals surface area contributed by atoms with E-state index < -0.39 is 26.1 Å². The van der Waals surface area contributed by atoms with Crippen molar-refractivity contribution in [2.24, 2.45) is 10.3 Å². The fourth-order valence-corrected chi connectivity index (χ4v) is 5.69. The number of benzene rings is 3. The SMILES string of the molecule is CN(C)C1CCN(C(=N)c2cccc(NC(=O)Nc3ccc(S(N)(=O)=O)cc3Cc3ccc(S(N)(=O)=O)cc3)c2)C1. The van der Waals surface area contributed by atoms with Crippen LogP contribution in [0.2, 0.25) is 0 Å². The number of carbonyl (C=O) groups excluding carboxylic acids is 1. The van der Waals surface area contributed by atoms with E-state index in [4.69, 9.17) is 15.7 Å². The van der Waals surface area contributed by atoms with Gasteiger partial charge < -0.3 is 20.4 Å². The number of amidine groups is 1. The third kappa shape index (κ3) is 7.68. The molecule has 0 aromatic heterocycles. The number of likely N-dealkylation sites (tertiary alicyclic amines) is 1. The average molecular weight is 600 g/mol. The number of urea groups is 1. The van der Waals surface area contributed by atoms with E-state index in [1.54, 1.807) is 30.3 Å². The number of primary sulfonamides is 2. The molecule has 1 heterocycles. The zero-order valence-corrected chi connectivity index (χ0v) is 24.3. The van der Waals surface area contributed by atoms with Gasteiger partial charge in [0.25, 0.3) is 0 Å². The van der Waals surface area contributed by atoms with Gasteiger partial charge in [-0.1, -0.05) is 24.3 Å². The summed E-state index contributed by atoms with van der Waals surface area (Å²) < 4.78 is 47.1. The fraction of sp³-hybridized carbons (Fsp3) is 0.259. The number of likely N-dealkylation sites (N-methyl/N-ethyl adjacent to an activating group) is 1. The van der Waals surface area contributed by atoms with E-state index in [1.165, 1.54) is 30.3 Å². The third-order valence-electron chi connectivity index (χ3n) is 6.90. The van der Waals surface area contributed by atoms with Crippen LogP contribution in [-0.2, 0) is 26.5 Å². The van der Waals surface area contributed by atoms with Gasteiger partial charge in [-0.2, -0.15) is 0 Å². The van der Waals surface area contributed by atoms with E-state index >= 15 is 0 Å². The predicted octanol–water partition coefficient (Wildman–Crippen LogP) is 2.18. The lowest BCUT2D eigenvalue weighted by molar-refractivity contribution is 0.262. The smallest absolute Gasteiger partial charge is 0.323 e. The van der Waals surface area contributed by atoms with Crippen molar-refractivity contribution in [1.82, 2.24) is 9.80 Å². The van der Waals surface area contributed by atoms with Crippen molar-refractivity contribution in [2.75, 3.05) is 37.8 Å². The monoisotopic (exact) mass is 599 g/mol. The number of nitrogens with two attached hydrogens (primary N) is 2. The van der Waals surface area contributed by atoms with Crippen molar-refractivity contribution in [3.8, 4) is 0 Å².